The summed E-state index contributed by atoms with van der Waals surface area (Å²) < 4.78 is 26.8. The van der Waals surface area contributed by atoms with Gasteiger partial charge in [-0.2, -0.15) is 11.8 Å². The van der Waals surface area contributed by atoms with E-state index in [1.54, 1.807) is 23.9 Å². The Morgan fingerprint density at radius 2 is 1.90 bits per heavy atom. The molecule has 1 aromatic carbocycles. The van der Waals surface area contributed by atoms with Gasteiger partial charge in [-0.3, -0.25) is 0 Å². The van der Waals surface area contributed by atoms with Crippen LogP contribution in [0.25, 0.3) is 0 Å². The van der Waals surface area contributed by atoms with Crippen molar-refractivity contribution >= 4 is 21.8 Å². The van der Waals surface area contributed by atoms with Gasteiger partial charge in [0.2, 0.25) is 10.0 Å². The molecular weight excluding hydrogens is 292 g/mol. The normalized spacial score (nSPS) is 13.3. The van der Waals surface area contributed by atoms with Crippen molar-refractivity contribution in [2.24, 2.45) is 0 Å². The van der Waals surface area contributed by atoms with E-state index >= 15 is 0 Å². The van der Waals surface area contributed by atoms with Crippen molar-refractivity contribution in [3.8, 4) is 0 Å². The highest BCUT2D eigenvalue weighted by Crippen LogP contribution is 2.12. The van der Waals surface area contributed by atoms with Crippen LogP contribution in [0.1, 0.15) is 18.9 Å². The highest BCUT2D eigenvalue weighted by molar-refractivity contribution is 7.99. The minimum Gasteiger partial charge on any atom is -0.320 e. The van der Waals surface area contributed by atoms with Crippen LogP contribution >= 0.6 is 11.8 Å². The van der Waals surface area contributed by atoms with Gasteiger partial charge in [-0.05, 0) is 50.4 Å². The molecule has 0 aliphatic rings. The first kappa shape index (κ1) is 17.5. The number of benzene rings is 1. The van der Waals surface area contributed by atoms with E-state index in [0.29, 0.717) is 11.4 Å². The molecule has 1 atom stereocenters. The predicted octanol–water partition coefficient (Wildman–Crippen LogP) is 1.87. The number of sulfonamides is 1. The molecule has 0 aromatic heterocycles. The maximum atomic E-state index is 12.1. The standard InChI is InChI=1S/C14H24N2O2S2/c1-12(19-3)11-16-20(17,18)14-8-6-13(7-9-14)5-4-10-15-2/h6-9,12,15-16H,4-5,10-11H2,1-3H3. The fourth-order valence-electron chi connectivity index (χ4n) is 1.70. The Balaban J connectivity index is 2.62. The van der Waals surface area contributed by atoms with Crippen LogP contribution in [0.15, 0.2) is 29.2 Å². The minimum atomic E-state index is -3.38. The van der Waals surface area contributed by atoms with Crippen molar-refractivity contribution in [2.75, 3.05) is 26.4 Å². The maximum Gasteiger partial charge on any atom is 0.240 e. The smallest absolute Gasteiger partial charge is 0.240 e. The molecule has 0 spiro atoms. The zero-order chi connectivity index (χ0) is 15.0. The zero-order valence-corrected chi connectivity index (χ0v) is 14.0. The summed E-state index contributed by atoms with van der Waals surface area (Å²) in [6, 6.07) is 7.14. The van der Waals surface area contributed by atoms with Gasteiger partial charge in [0.1, 0.15) is 0 Å². The first-order chi connectivity index (χ1) is 9.49. The largest absolute Gasteiger partial charge is 0.320 e. The molecule has 0 aliphatic carbocycles. The van der Waals surface area contributed by atoms with Crippen LogP contribution in [0.2, 0.25) is 0 Å². The van der Waals surface area contributed by atoms with E-state index in [9.17, 15) is 8.42 Å². The fourth-order valence-corrected chi connectivity index (χ4v) is 3.18. The molecule has 1 aromatic rings. The first-order valence-corrected chi connectivity index (χ1v) is 9.52. The molecule has 0 heterocycles. The maximum absolute atomic E-state index is 12.1. The van der Waals surface area contributed by atoms with Crippen LogP contribution in [0.4, 0.5) is 0 Å². The quantitative estimate of drug-likeness (QED) is 0.683. The molecule has 4 nitrogen and oxygen atoms in total. The molecule has 6 heteroatoms. The fraction of sp³-hybridized carbons (Fsp3) is 0.571. The van der Waals surface area contributed by atoms with Crippen LogP contribution in [0.5, 0.6) is 0 Å². The Morgan fingerprint density at radius 1 is 1.25 bits per heavy atom. The lowest BCUT2D eigenvalue weighted by atomic mass is 10.1. The van der Waals surface area contributed by atoms with Gasteiger partial charge < -0.3 is 5.32 Å². The molecule has 114 valence electrons. The molecule has 1 rings (SSSR count). The highest BCUT2D eigenvalue weighted by atomic mass is 32.2. The average molecular weight is 316 g/mol. The van der Waals surface area contributed by atoms with Gasteiger partial charge in [-0.15, -0.1) is 0 Å². The number of hydrogen-bond acceptors (Lipinski definition) is 4. The summed E-state index contributed by atoms with van der Waals surface area (Å²) >= 11 is 1.64. The van der Waals surface area contributed by atoms with Crippen molar-refractivity contribution in [2.45, 2.75) is 29.9 Å². The van der Waals surface area contributed by atoms with E-state index in [-0.39, 0.29) is 5.25 Å². The van der Waals surface area contributed by atoms with E-state index in [1.165, 1.54) is 0 Å². The van der Waals surface area contributed by atoms with E-state index in [4.69, 9.17) is 0 Å². The summed E-state index contributed by atoms with van der Waals surface area (Å²) in [5.74, 6) is 0. The van der Waals surface area contributed by atoms with E-state index in [0.717, 1.165) is 24.9 Å². The summed E-state index contributed by atoms with van der Waals surface area (Å²) in [5, 5.41) is 3.37. The van der Waals surface area contributed by atoms with Crippen LogP contribution in [-0.4, -0.2) is 40.1 Å². The number of nitrogens with one attached hydrogen (secondary N) is 2. The average Bonchev–Trinajstić information content (AvgIpc) is 2.45. The van der Waals surface area contributed by atoms with Crippen molar-refractivity contribution in [3.63, 3.8) is 0 Å². The molecule has 0 aliphatic heterocycles. The third kappa shape index (κ3) is 5.83. The Hall–Kier alpha value is -0.560. The second-order valence-corrected chi connectivity index (χ2v) is 7.79. The second kappa shape index (κ2) is 8.67. The van der Waals surface area contributed by atoms with Crippen molar-refractivity contribution < 1.29 is 8.42 Å². The zero-order valence-electron chi connectivity index (χ0n) is 12.3. The Labute approximate surface area is 126 Å². The van der Waals surface area contributed by atoms with E-state index in [2.05, 4.69) is 10.0 Å². The Bertz CT molecular complexity index is 486. The van der Waals surface area contributed by atoms with Gasteiger partial charge in [-0.25, -0.2) is 13.1 Å². The van der Waals surface area contributed by atoms with Crippen LogP contribution < -0.4 is 10.0 Å². The third-order valence-electron chi connectivity index (χ3n) is 3.09. The van der Waals surface area contributed by atoms with Gasteiger partial charge in [-0.1, -0.05) is 19.1 Å². The Morgan fingerprint density at radius 3 is 2.45 bits per heavy atom. The molecule has 0 amide bonds. The predicted molar refractivity (Wildman–Crippen MR) is 86.9 cm³/mol. The number of aryl methyl sites for hydroxylation is 1. The molecule has 0 radical (unpaired) electrons. The van der Waals surface area contributed by atoms with E-state index in [1.807, 2.05) is 32.4 Å². The molecule has 2 N–H and O–H groups in total. The van der Waals surface area contributed by atoms with Gasteiger partial charge in [0.15, 0.2) is 0 Å². The van der Waals surface area contributed by atoms with Gasteiger partial charge in [0, 0.05) is 11.8 Å². The Kier molecular flexibility index (Phi) is 7.58. The SMILES string of the molecule is CNCCCc1ccc(S(=O)(=O)NCC(C)SC)cc1. The molecule has 1 unspecified atom stereocenters. The number of thioether (sulfide) groups is 1. The molecule has 0 bridgehead atoms. The van der Waals surface area contributed by atoms with Crippen LogP contribution in [0, 0.1) is 0 Å². The summed E-state index contributed by atoms with van der Waals surface area (Å²) in [6.07, 6.45) is 3.98. The van der Waals surface area contributed by atoms with Crippen molar-refractivity contribution in [1.82, 2.24) is 10.0 Å². The number of hydrogen-bond donors (Lipinski definition) is 2. The van der Waals surface area contributed by atoms with E-state index < -0.39 is 10.0 Å². The van der Waals surface area contributed by atoms with Crippen molar-refractivity contribution in [1.29, 1.82) is 0 Å². The molecule has 20 heavy (non-hydrogen) atoms. The molecule has 0 fully saturated rings. The summed E-state index contributed by atoms with van der Waals surface area (Å²) in [4.78, 5) is 0.336. The molecule has 0 saturated heterocycles. The monoisotopic (exact) mass is 316 g/mol. The van der Waals surface area contributed by atoms with Crippen molar-refractivity contribution in [3.05, 3.63) is 29.8 Å². The third-order valence-corrected chi connectivity index (χ3v) is 5.50. The summed E-state index contributed by atoms with van der Waals surface area (Å²) in [7, 11) is -1.46. The lowest BCUT2D eigenvalue weighted by Crippen LogP contribution is -2.29. The molecule has 0 saturated carbocycles. The highest BCUT2D eigenvalue weighted by Gasteiger charge is 2.14. The van der Waals surface area contributed by atoms with Crippen LogP contribution in [0.3, 0.4) is 0 Å². The number of rotatable bonds is 9. The minimum absolute atomic E-state index is 0.269. The first-order valence-electron chi connectivity index (χ1n) is 6.75. The topological polar surface area (TPSA) is 58.2 Å². The lowest BCUT2D eigenvalue weighted by Gasteiger charge is -2.11. The lowest BCUT2D eigenvalue weighted by molar-refractivity contribution is 0.581. The summed E-state index contributed by atoms with van der Waals surface area (Å²) in [6.45, 7) is 3.42. The summed E-state index contributed by atoms with van der Waals surface area (Å²) in [5.41, 5.74) is 1.16. The van der Waals surface area contributed by atoms with Gasteiger partial charge >= 0.3 is 0 Å². The molecular formula is C14H24N2O2S2. The second-order valence-electron chi connectivity index (χ2n) is 4.75. The van der Waals surface area contributed by atoms with Crippen LogP contribution in [-0.2, 0) is 16.4 Å². The van der Waals surface area contributed by atoms with Gasteiger partial charge in [0.05, 0.1) is 4.90 Å². The van der Waals surface area contributed by atoms with Gasteiger partial charge in [0.25, 0.3) is 0 Å².